The topological polar surface area (TPSA) is 47.6 Å². The SMILES string of the molecule is CCCCOC(=O)C(COC1CNC1)C(C)C. The minimum Gasteiger partial charge on any atom is -0.465 e. The van der Waals surface area contributed by atoms with Gasteiger partial charge in [0.1, 0.15) is 0 Å². The molecule has 100 valence electrons. The van der Waals surface area contributed by atoms with E-state index in [2.05, 4.69) is 12.2 Å². The summed E-state index contributed by atoms with van der Waals surface area (Å²) >= 11 is 0. The van der Waals surface area contributed by atoms with E-state index in [-0.39, 0.29) is 23.9 Å². The van der Waals surface area contributed by atoms with Crippen LogP contribution >= 0.6 is 0 Å². The Hall–Kier alpha value is -0.610. The number of nitrogens with one attached hydrogen (secondary N) is 1. The molecule has 0 saturated carbocycles. The number of ether oxygens (including phenoxy) is 2. The molecule has 1 rings (SSSR count). The molecule has 1 aliphatic heterocycles. The van der Waals surface area contributed by atoms with Gasteiger partial charge >= 0.3 is 5.97 Å². The molecular formula is C13H25NO3. The van der Waals surface area contributed by atoms with Crippen LogP contribution in [0.5, 0.6) is 0 Å². The third-order valence-electron chi connectivity index (χ3n) is 3.11. The van der Waals surface area contributed by atoms with Gasteiger partial charge in [-0.3, -0.25) is 4.79 Å². The molecule has 0 spiro atoms. The van der Waals surface area contributed by atoms with Gasteiger partial charge < -0.3 is 14.8 Å². The summed E-state index contributed by atoms with van der Waals surface area (Å²) in [7, 11) is 0. The summed E-state index contributed by atoms with van der Waals surface area (Å²) in [4.78, 5) is 11.9. The summed E-state index contributed by atoms with van der Waals surface area (Å²) in [5, 5.41) is 3.14. The number of hydrogen-bond donors (Lipinski definition) is 1. The summed E-state index contributed by atoms with van der Waals surface area (Å²) in [6, 6.07) is 0. The van der Waals surface area contributed by atoms with Gasteiger partial charge in [-0.1, -0.05) is 27.2 Å². The van der Waals surface area contributed by atoms with Crippen LogP contribution in [0.4, 0.5) is 0 Å². The fraction of sp³-hybridized carbons (Fsp3) is 0.923. The first kappa shape index (κ1) is 14.5. The molecule has 17 heavy (non-hydrogen) atoms. The lowest BCUT2D eigenvalue weighted by molar-refractivity contribution is -0.154. The zero-order chi connectivity index (χ0) is 12.7. The first-order chi connectivity index (χ1) is 8.15. The van der Waals surface area contributed by atoms with E-state index >= 15 is 0 Å². The monoisotopic (exact) mass is 243 g/mol. The Morgan fingerprint density at radius 3 is 2.59 bits per heavy atom. The molecule has 1 aliphatic rings. The molecular weight excluding hydrogens is 218 g/mol. The molecule has 1 saturated heterocycles. The molecule has 0 aromatic heterocycles. The highest BCUT2D eigenvalue weighted by molar-refractivity contribution is 5.72. The zero-order valence-corrected chi connectivity index (χ0v) is 11.2. The van der Waals surface area contributed by atoms with E-state index in [0.29, 0.717) is 13.2 Å². The maximum absolute atomic E-state index is 11.9. The number of esters is 1. The number of hydrogen-bond acceptors (Lipinski definition) is 4. The fourth-order valence-electron chi connectivity index (χ4n) is 1.58. The maximum atomic E-state index is 11.9. The molecule has 0 radical (unpaired) electrons. The number of carbonyl (C=O) groups is 1. The predicted molar refractivity (Wildman–Crippen MR) is 66.8 cm³/mol. The number of rotatable bonds is 8. The second-order valence-electron chi connectivity index (χ2n) is 4.99. The van der Waals surface area contributed by atoms with Crippen LogP contribution in [0.2, 0.25) is 0 Å². The van der Waals surface area contributed by atoms with Gasteiger partial charge in [0.05, 0.1) is 25.2 Å². The Kier molecular flexibility index (Phi) is 6.52. The fourth-order valence-corrected chi connectivity index (χ4v) is 1.58. The van der Waals surface area contributed by atoms with Gasteiger partial charge in [-0.2, -0.15) is 0 Å². The second kappa shape index (κ2) is 7.67. The van der Waals surface area contributed by atoms with Gasteiger partial charge in [-0.25, -0.2) is 0 Å². The smallest absolute Gasteiger partial charge is 0.311 e. The zero-order valence-electron chi connectivity index (χ0n) is 11.2. The van der Waals surface area contributed by atoms with Crippen LogP contribution in [0.15, 0.2) is 0 Å². The highest BCUT2D eigenvalue weighted by Gasteiger charge is 2.26. The third kappa shape index (κ3) is 5.04. The highest BCUT2D eigenvalue weighted by atomic mass is 16.5. The lowest BCUT2D eigenvalue weighted by Crippen LogP contribution is -2.49. The molecule has 1 heterocycles. The van der Waals surface area contributed by atoms with Gasteiger partial charge in [0.25, 0.3) is 0 Å². The summed E-state index contributed by atoms with van der Waals surface area (Å²) < 4.78 is 10.9. The van der Waals surface area contributed by atoms with E-state index < -0.39 is 0 Å². The van der Waals surface area contributed by atoms with Crippen molar-refractivity contribution in [2.75, 3.05) is 26.3 Å². The molecule has 0 amide bonds. The van der Waals surface area contributed by atoms with E-state index in [9.17, 15) is 4.79 Å². The van der Waals surface area contributed by atoms with Gasteiger partial charge in [0.15, 0.2) is 0 Å². The first-order valence-electron chi connectivity index (χ1n) is 6.64. The van der Waals surface area contributed by atoms with Crippen molar-refractivity contribution in [3.05, 3.63) is 0 Å². The van der Waals surface area contributed by atoms with Crippen LogP contribution in [0.25, 0.3) is 0 Å². The van der Waals surface area contributed by atoms with E-state index in [1.54, 1.807) is 0 Å². The highest BCUT2D eigenvalue weighted by Crippen LogP contribution is 2.15. The molecule has 4 heteroatoms. The largest absolute Gasteiger partial charge is 0.465 e. The van der Waals surface area contributed by atoms with Crippen LogP contribution in [-0.2, 0) is 14.3 Å². The van der Waals surface area contributed by atoms with Crippen molar-refractivity contribution >= 4 is 5.97 Å². The third-order valence-corrected chi connectivity index (χ3v) is 3.11. The van der Waals surface area contributed by atoms with Crippen LogP contribution < -0.4 is 5.32 Å². The lowest BCUT2D eigenvalue weighted by atomic mass is 9.97. The van der Waals surface area contributed by atoms with Gasteiger partial charge in [0.2, 0.25) is 0 Å². The first-order valence-corrected chi connectivity index (χ1v) is 6.64. The molecule has 1 fully saturated rings. The van der Waals surface area contributed by atoms with Crippen molar-refractivity contribution in [2.24, 2.45) is 11.8 Å². The van der Waals surface area contributed by atoms with Gasteiger partial charge in [-0.05, 0) is 12.3 Å². The molecule has 0 aliphatic carbocycles. The van der Waals surface area contributed by atoms with Crippen molar-refractivity contribution in [3.63, 3.8) is 0 Å². The standard InChI is InChI=1S/C13H25NO3/c1-4-5-6-16-13(15)12(10(2)3)9-17-11-7-14-8-11/h10-12,14H,4-9H2,1-3H3. The Morgan fingerprint density at radius 1 is 1.41 bits per heavy atom. The van der Waals surface area contributed by atoms with Crippen molar-refractivity contribution in [1.82, 2.24) is 5.32 Å². The Balaban J connectivity index is 2.27. The quantitative estimate of drug-likeness (QED) is 0.519. The second-order valence-corrected chi connectivity index (χ2v) is 4.99. The summed E-state index contributed by atoms with van der Waals surface area (Å²) in [6.07, 6.45) is 2.26. The summed E-state index contributed by atoms with van der Waals surface area (Å²) in [6.45, 7) is 8.96. The summed E-state index contributed by atoms with van der Waals surface area (Å²) in [5.74, 6) is 0.0188. The lowest BCUT2D eigenvalue weighted by Gasteiger charge is -2.29. The van der Waals surface area contributed by atoms with Crippen molar-refractivity contribution in [1.29, 1.82) is 0 Å². The van der Waals surface area contributed by atoms with Crippen molar-refractivity contribution < 1.29 is 14.3 Å². The van der Waals surface area contributed by atoms with E-state index in [1.807, 2.05) is 13.8 Å². The van der Waals surface area contributed by atoms with Crippen LogP contribution in [-0.4, -0.2) is 38.4 Å². The van der Waals surface area contributed by atoms with E-state index in [0.717, 1.165) is 25.9 Å². The van der Waals surface area contributed by atoms with Crippen molar-refractivity contribution in [3.8, 4) is 0 Å². The van der Waals surface area contributed by atoms with Crippen LogP contribution in [0, 0.1) is 11.8 Å². The molecule has 1 unspecified atom stereocenters. The molecule has 4 nitrogen and oxygen atoms in total. The number of carbonyl (C=O) groups excluding carboxylic acids is 1. The van der Waals surface area contributed by atoms with Crippen LogP contribution in [0.3, 0.4) is 0 Å². The molecule has 1 atom stereocenters. The molecule has 0 aromatic carbocycles. The average Bonchev–Trinajstić information content (AvgIpc) is 2.21. The van der Waals surface area contributed by atoms with E-state index in [4.69, 9.17) is 9.47 Å². The Bertz CT molecular complexity index is 227. The molecule has 0 bridgehead atoms. The van der Waals surface area contributed by atoms with Gasteiger partial charge in [0, 0.05) is 13.1 Å². The maximum Gasteiger partial charge on any atom is 0.311 e. The molecule has 0 aromatic rings. The molecule has 1 N–H and O–H groups in total. The van der Waals surface area contributed by atoms with Gasteiger partial charge in [-0.15, -0.1) is 0 Å². The minimum absolute atomic E-state index is 0.110. The van der Waals surface area contributed by atoms with Crippen molar-refractivity contribution in [2.45, 2.75) is 39.7 Å². The minimum atomic E-state index is -0.132. The summed E-state index contributed by atoms with van der Waals surface area (Å²) in [5.41, 5.74) is 0. The average molecular weight is 243 g/mol. The predicted octanol–water partition coefficient (Wildman–Crippen LogP) is 1.59. The van der Waals surface area contributed by atoms with E-state index in [1.165, 1.54) is 0 Å². The normalized spacial score (nSPS) is 17.9. The van der Waals surface area contributed by atoms with Crippen LogP contribution in [0.1, 0.15) is 33.6 Å². The Labute approximate surface area is 104 Å². The Morgan fingerprint density at radius 2 is 2.12 bits per heavy atom. The number of unbranched alkanes of at least 4 members (excludes halogenated alkanes) is 1.